The van der Waals surface area contributed by atoms with Crippen LogP contribution in [0.2, 0.25) is 0 Å². The Kier molecular flexibility index (Phi) is 9.54. The van der Waals surface area contributed by atoms with Gasteiger partial charge in [0, 0.05) is 18.6 Å². The van der Waals surface area contributed by atoms with E-state index < -0.39 is 0 Å². The van der Waals surface area contributed by atoms with Crippen LogP contribution >= 0.6 is 0 Å². The van der Waals surface area contributed by atoms with Gasteiger partial charge in [-0.3, -0.25) is 4.79 Å². The molecule has 1 N–H and O–H groups in total. The molecule has 2 rings (SSSR count). The molecule has 0 aromatic heterocycles. The minimum absolute atomic E-state index is 0.140. The standard InChI is InChI=1S/C26H38N2O2/c1-21(25(29)30-20-24-9-7-6-8-10-24)19-28(5)18-16-23-13-11-22(12-14-23)15-17-27-26(2,3)4/h6-14,21,27H,15-20H2,1-5H3. The van der Waals surface area contributed by atoms with E-state index in [0.717, 1.165) is 31.5 Å². The van der Waals surface area contributed by atoms with Crippen molar-refractivity contribution < 1.29 is 9.53 Å². The number of nitrogens with one attached hydrogen (secondary N) is 1. The van der Waals surface area contributed by atoms with Gasteiger partial charge in [0.1, 0.15) is 6.61 Å². The molecule has 0 fully saturated rings. The van der Waals surface area contributed by atoms with Gasteiger partial charge in [0.2, 0.25) is 0 Å². The van der Waals surface area contributed by atoms with Crippen molar-refractivity contribution in [2.75, 3.05) is 26.7 Å². The summed E-state index contributed by atoms with van der Waals surface area (Å²) in [7, 11) is 2.06. The third-order valence-electron chi connectivity index (χ3n) is 5.09. The zero-order valence-corrected chi connectivity index (χ0v) is 19.3. The lowest BCUT2D eigenvalue weighted by molar-refractivity contribution is -0.149. The maximum atomic E-state index is 12.3. The number of carbonyl (C=O) groups excluding carboxylic acids is 1. The number of benzene rings is 2. The van der Waals surface area contributed by atoms with Gasteiger partial charge in [0.15, 0.2) is 0 Å². The highest BCUT2D eigenvalue weighted by atomic mass is 16.5. The van der Waals surface area contributed by atoms with E-state index in [4.69, 9.17) is 4.74 Å². The van der Waals surface area contributed by atoms with E-state index in [9.17, 15) is 4.79 Å². The highest BCUT2D eigenvalue weighted by Crippen LogP contribution is 2.09. The molecule has 30 heavy (non-hydrogen) atoms. The predicted octanol–water partition coefficient (Wildman–Crippen LogP) is 4.47. The van der Waals surface area contributed by atoms with Crippen molar-refractivity contribution in [3.8, 4) is 0 Å². The SMILES string of the molecule is CC(CN(C)CCc1ccc(CCNC(C)(C)C)cc1)C(=O)OCc1ccccc1. The number of hydrogen-bond acceptors (Lipinski definition) is 4. The molecule has 1 unspecified atom stereocenters. The van der Waals surface area contributed by atoms with E-state index in [-0.39, 0.29) is 17.4 Å². The van der Waals surface area contributed by atoms with Crippen molar-refractivity contribution in [3.63, 3.8) is 0 Å². The van der Waals surface area contributed by atoms with Crippen LogP contribution in [0.15, 0.2) is 54.6 Å². The number of carbonyl (C=O) groups is 1. The van der Waals surface area contributed by atoms with E-state index in [1.165, 1.54) is 11.1 Å². The normalized spacial score (nSPS) is 12.7. The topological polar surface area (TPSA) is 41.6 Å². The van der Waals surface area contributed by atoms with Gasteiger partial charge < -0.3 is 15.0 Å². The molecule has 0 saturated carbocycles. The molecule has 4 heteroatoms. The Labute approximate surface area is 182 Å². The molecule has 0 saturated heterocycles. The molecule has 0 aliphatic carbocycles. The van der Waals surface area contributed by atoms with Crippen LogP contribution in [0.25, 0.3) is 0 Å². The lowest BCUT2D eigenvalue weighted by Gasteiger charge is -2.21. The summed E-state index contributed by atoms with van der Waals surface area (Å²) in [5.74, 6) is -0.282. The second kappa shape index (κ2) is 11.9. The summed E-state index contributed by atoms with van der Waals surface area (Å²) in [6.07, 6.45) is 2.02. The van der Waals surface area contributed by atoms with E-state index in [0.29, 0.717) is 13.2 Å². The molecular formula is C26H38N2O2. The minimum atomic E-state index is -0.142. The van der Waals surface area contributed by atoms with Gasteiger partial charge in [-0.05, 0) is 63.9 Å². The molecule has 0 radical (unpaired) electrons. The summed E-state index contributed by atoms with van der Waals surface area (Å²) in [6.45, 7) is 11.5. The van der Waals surface area contributed by atoms with Crippen LogP contribution in [0.4, 0.5) is 0 Å². The number of hydrogen-bond donors (Lipinski definition) is 1. The summed E-state index contributed by atoms with van der Waals surface area (Å²) in [4.78, 5) is 14.5. The second-order valence-corrected chi connectivity index (χ2v) is 9.25. The van der Waals surface area contributed by atoms with Crippen LogP contribution in [0.3, 0.4) is 0 Å². The van der Waals surface area contributed by atoms with Crippen LogP contribution in [0, 0.1) is 5.92 Å². The Bertz CT molecular complexity index is 751. The number of esters is 1. The van der Waals surface area contributed by atoms with Gasteiger partial charge in [-0.25, -0.2) is 0 Å². The monoisotopic (exact) mass is 410 g/mol. The van der Waals surface area contributed by atoms with Crippen molar-refractivity contribution in [1.82, 2.24) is 10.2 Å². The number of nitrogens with zero attached hydrogens (tertiary/aromatic N) is 1. The first-order valence-electron chi connectivity index (χ1n) is 10.9. The Morgan fingerprint density at radius 3 is 2.17 bits per heavy atom. The number of likely N-dealkylation sites (N-methyl/N-ethyl adjacent to an activating group) is 1. The quantitative estimate of drug-likeness (QED) is 0.555. The van der Waals surface area contributed by atoms with Crippen LogP contribution in [-0.2, 0) is 29.0 Å². The Hall–Kier alpha value is -2.17. The zero-order chi connectivity index (χ0) is 22.0. The lowest BCUT2D eigenvalue weighted by atomic mass is 10.1. The van der Waals surface area contributed by atoms with E-state index in [2.05, 4.69) is 62.3 Å². The van der Waals surface area contributed by atoms with Gasteiger partial charge in [0.05, 0.1) is 5.92 Å². The van der Waals surface area contributed by atoms with Crippen molar-refractivity contribution in [1.29, 1.82) is 0 Å². The van der Waals surface area contributed by atoms with E-state index >= 15 is 0 Å². The van der Waals surface area contributed by atoms with E-state index in [1.807, 2.05) is 37.3 Å². The highest BCUT2D eigenvalue weighted by molar-refractivity contribution is 5.72. The fraction of sp³-hybridized carbons (Fsp3) is 0.500. The van der Waals surface area contributed by atoms with Gasteiger partial charge in [-0.15, -0.1) is 0 Å². The van der Waals surface area contributed by atoms with Crippen LogP contribution in [0.1, 0.15) is 44.4 Å². The minimum Gasteiger partial charge on any atom is -0.461 e. The second-order valence-electron chi connectivity index (χ2n) is 9.25. The van der Waals surface area contributed by atoms with Gasteiger partial charge in [0.25, 0.3) is 0 Å². The van der Waals surface area contributed by atoms with Crippen molar-refractivity contribution in [2.24, 2.45) is 5.92 Å². The molecule has 0 heterocycles. The lowest BCUT2D eigenvalue weighted by Crippen LogP contribution is -2.37. The van der Waals surface area contributed by atoms with Crippen LogP contribution in [0.5, 0.6) is 0 Å². The number of ether oxygens (including phenoxy) is 1. The molecule has 4 nitrogen and oxygen atoms in total. The third-order valence-corrected chi connectivity index (χ3v) is 5.09. The number of rotatable bonds is 11. The first-order chi connectivity index (χ1) is 14.2. The average Bonchev–Trinajstić information content (AvgIpc) is 2.71. The Balaban J connectivity index is 1.68. The Morgan fingerprint density at radius 2 is 1.57 bits per heavy atom. The average molecular weight is 411 g/mol. The largest absolute Gasteiger partial charge is 0.461 e. The van der Waals surface area contributed by atoms with Crippen molar-refractivity contribution in [2.45, 2.75) is 52.7 Å². The van der Waals surface area contributed by atoms with Gasteiger partial charge >= 0.3 is 5.97 Å². The molecule has 2 aromatic carbocycles. The maximum absolute atomic E-state index is 12.3. The summed E-state index contributed by atoms with van der Waals surface area (Å²) >= 11 is 0. The zero-order valence-electron chi connectivity index (χ0n) is 19.3. The molecule has 1 atom stereocenters. The molecular weight excluding hydrogens is 372 g/mol. The summed E-state index contributed by atoms with van der Waals surface area (Å²) in [6, 6.07) is 18.7. The third kappa shape index (κ3) is 9.55. The van der Waals surface area contributed by atoms with Gasteiger partial charge in [-0.2, -0.15) is 0 Å². The smallest absolute Gasteiger partial charge is 0.310 e. The first kappa shape index (κ1) is 24.1. The van der Waals surface area contributed by atoms with Crippen LogP contribution < -0.4 is 5.32 Å². The molecule has 0 aliphatic rings. The van der Waals surface area contributed by atoms with Crippen molar-refractivity contribution in [3.05, 3.63) is 71.3 Å². The molecule has 0 aliphatic heterocycles. The molecule has 0 spiro atoms. The predicted molar refractivity (Wildman–Crippen MR) is 125 cm³/mol. The fourth-order valence-electron chi connectivity index (χ4n) is 3.28. The molecule has 164 valence electrons. The first-order valence-corrected chi connectivity index (χ1v) is 10.9. The summed E-state index contributed by atoms with van der Waals surface area (Å²) < 4.78 is 5.45. The maximum Gasteiger partial charge on any atom is 0.310 e. The van der Waals surface area contributed by atoms with Gasteiger partial charge in [-0.1, -0.05) is 61.5 Å². The summed E-state index contributed by atoms with van der Waals surface area (Å²) in [5.41, 5.74) is 3.87. The Morgan fingerprint density at radius 1 is 0.967 bits per heavy atom. The molecule has 2 aromatic rings. The molecule has 0 bridgehead atoms. The van der Waals surface area contributed by atoms with E-state index in [1.54, 1.807) is 0 Å². The fourth-order valence-corrected chi connectivity index (χ4v) is 3.28. The van der Waals surface area contributed by atoms with Crippen molar-refractivity contribution >= 4 is 5.97 Å². The van der Waals surface area contributed by atoms with Crippen LogP contribution in [-0.4, -0.2) is 43.1 Å². The highest BCUT2D eigenvalue weighted by Gasteiger charge is 2.16. The summed E-state index contributed by atoms with van der Waals surface area (Å²) in [5, 5.41) is 3.53. The molecule has 0 amide bonds.